The van der Waals surface area contributed by atoms with E-state index in [1.165, 1.54) is 18.2 Å². The number of halogens is 2. The Kier molecular flexibility index (Phi) is 7.40. The van der Waals surface area contributed by atoms with E-state index in [0.717, 1.165) is 24.3 Å². The second-order valence-corrected chi connectivity index (χ2v) is 7.29. The minimum atomic E-state index is -3.89. The van der Waals surface area contributed by atoms with E-state index in [-0.39, 0.29) is 22.7 Å². The van der Waals surface area contributed by atoms with Crippen LogP contribution in [0.2, 0.25) is 0 Å². The molecule has 0 aromatic heterocycles. The first-order valence-electron chi connectivity index (χ1n) is 8.28. The van der Waals surface area contributed by atoms with Gasteiger partial charge in [-0.1, -0.05) is 12.1 Å². The van der Waals surface area contributed by atoms with Gasteiger partial charge in [0.1, 0.15) is 11.6 Å². The molecule has 2 aromatic rings. The highest BCUT2D eigenvalue weighted by Gasteiger charge is 2.18. The number of rotatable bonds is 9. The molecule has 0 fully saturated rings. The second-order valence-electron chi connectivity index (χ2n) is 5.52. The summed E-state index contributed by atoms with van der Waals surface area (Å²) in [6, 6.07) is 8.33. The summed E-state index contributed by atoms with van der Waals surface area (Å²) in [6.45, 7) is 2.93. The third kappa shape index (κ3) is 5.81. The molecule has 0 spiro atoms. The summed E-state index contributed by atoms with van der Waals surface area (Å²) in [5.41, 5.74) is -0.497. The summed E-state index contributed by atoms with van der Waals surface area (Å²) < 4.78 is 59.6. The largest absolute Gasteiger partial charge is 0.382 e. The van der Waals surface area contributed by atoms with Crippen LogP contribution in [-0.4, -0.2) is 34.1 Å². The maximum absolute atomic E-state index is 14.2. The molecule has 9 heteroatoms. The van der Waals surface area contributed by atoms with Gasteiger partial charge in [-0.2, -0.15) is 0 Å². The topological polar surface area (TPSA) is 84.5 Å². The number of carbonyl (C=O) groups is 1. The van der Waals surface area contributed by atoms with Crippen molar-refractivity contribution in [2.24, 2.45) is 0 Å². The Balaban J connectivity index is 2.06. The summed E-state index contributed by atoms with van der Waals surface area (Å²) in [5, 5.41) is 2.23. The van der Waals surface area contributed by atoms with Crippen molar-refractivity contribution in [3.63, 3.8) is 0 Å². The lowest BCUT2D eigenvalue weighted by Gasteiger charge is -2.10. The van der Waals surface area contributed by atoms with Crippen LogP contribution < -0.4 is 10.0 Å². The maximum Gasteiger partial charge on any atom is 0.258 e. The van der Waals surface area contributed by atoms with E-state index < -0.39 is 27.6 Å². The molecule has 0 bridgehead atoms. The Morgan fingerprint density at radius 1 is 1.11 bits per heavy atom. The summed E-state index contributed by atoms with van der Waals surface area (Å²) in [6.07, 6.45) is 0.479. The molecule has 2 N–H and O–H groups in total. The second kappa shape index (κ2) is 9.54. The van der Waals surface area contributed by atoms with Crippen molar-refractivity contribution in [1.29, 1.82) is 0 Å². The van der Waals surface area contributed by atoms with Crippen LogP contribution in [0.1, 0.15) is 23.7 Å². The minimum absolute atomic E-state index is 0.149. The Hall–Kier alpha value is -2.36. The molecule has 0 radical (unpaired) electrons. The molecular weight excluding hydrogens is 378 g/mol. The molecule has 0 saturated carbocycles. The molecule has 0 aliphatic carbocycles. The quantitative estimate of drug-likeness (QED) is 0.636. The van der Waals surface area contributed by atoms with Gasteiger partial charge in [-0.25, -0.2) is 21.9 Å². The fraction of sp³-hybridized carbons (Fsp3) is 0.278. The predicted molar refractivity (Wildman–Crippen MR) is 97.1 cm³/mol. The predicted octanol–water partition coefficient (Wildman–Crippen LogP) is 2.92. The van der Waals surface area contributed by atoms with Crippen LogP contribution in [0.5, 0.6) is 0 Å². The molecule has 0 aliphatic rings. The lowest BCUT2D eigenvalue weighted by atomic mass is 10.2. The number of amides is 1. The number of carbonyl (C=O) groups excluding carboxylic acids is 1. The van der Waals surface area contributed by atoms with E-state index in [0.29, 0.717) is 19.6 Å². The van der Waals surface area contributed by atoms with Crippen LogP contribution in [0.15, 0.2) is 47.4 Å². The highest BCUT2D eigenvalue weighted by atomic mass is 32.2. The van der Waals surface area contributed by atoms with Crippen molar-refractivity contribution < 1.29 is 26.7 Å². The van der Waals surface area contributed by atoms with Gasteiger partial charge in [0.2, 0.25) is 10.0 Å². The van der Waals surface area contributed by atoms with Crippen molar-refractivity contribution in [3.8, 4) is 0 Å². The molecule has 0 unspecified atom stereocenters. The molecule has 146 valence electrons. The number of hydrogen-bond acceptors (Lipinski definition) is 4. The average Bonchev–Trinajstić information content (AvgIpc) is 2.63. The third-order valence-corrected chi connectivity index (χ3v) is 5.04. The van der Waals surface area contributed by atoms with E-state index in [2.05, 4.69) is 10.0 Å². The zero-order valence-corrected chi connectivity index (χ0v) is 15.5. The maximum atomic E-state index is 14.2. The van der Waals surface area contributed by atoms with Gasteiger partial charge in [0.15, 0.2) is 0 Å². The van der Waals surface area contributed by atoms with Crippen LogP contribution in [0.4, 0.5) is 14.5 Å². The Morgan fingerprint density at radius 3 is 2.52 bits per heavy atom. The fourth-order valence-electron chi connectivity index (χ4n) is 2.21. The van der Waals surface area contributed by atoms with Crippen LogP contribution in [-0.2, 0) is 14.8 Å². The normalized spacial score (nSPS) is 11.4. The van der Waals surface area contributed by atoms with Crippen LogP contribution in [0.3, 0.4) is 0 Å². The molecule has 2 rings (SSSR count). The van der Waals surface area contributed by atoms with E-state index in [1.54, 1.807) is 0 Å². The van der Waals surface area contributed by atoms with Gasteiger partial charge in [-0.15, -0.1) is 0 Å². The molecule has 1 amide bonds. The zero-order valence-electron chi connectivity index (χ0n) is 14.7. The van der Waals surface area contributed by atoms with Crippen LogP contribution in [0, 0.1) is 11.6 Å². The minimum Gasteiger partial charge on any atom is -0.382 e. The SMILES string of the molecule is CCOCCCNS(=O)(=O)c1ccc(NC(=O)c2ccccc2F)c(F)c1. The molecule has 0 heterocycles. The first-order chi connectivity index (χ1) is 12.8. The zero-order chi connectivity index (χ0) is 19.9. The number of anilines is 1. The first kappa shape index (κ1) is 20.9. The van der Waals surface area contributed by atoms with Crippen molar-refractivity contribution >= 4 is 21.6 Å². The van der Waals surface area contributed by atoms with Gasteiger partial charge >= 0.3 is 0 Å². The fourth-order valence-corrected chi connectivity index (χ4v) is 3.29. The van der Waals surface area contributed by atoms with Gasteiger partial charge in [-0.05, 0) is 43.7 Å². The molecule has 0 saturated heterocycles. The van der Waals surface area contributed by atoms with Gasteiger partial charge < -0.3 is 10.1 Å². The van der Waals surface area contributed by atoms with E-state index >= 15 is 0 Å². The Morgan fingerprint density at radius 2 is 1.85 bits per heavy atom. The lowest BCUT2D eigenvalue weighted by Crippen LogP contribution is -2.26. The molecular formula is C18H20F2N2O4S. The summed E-state index contributed by atoms with van der Waals surface area (Å²) >= 11 is 0. The standard InChI is InChI=1S/C18H20F2N2O4S/c1-2-26-11-5-10-21-27(24,25)13-8-9-17(16(20)12-13)22-18(23)14-6-3-4-7-15(14)19/h3-4,6-9,12,21H,2,5,10-11H2,1H3,(H,22,23). The highest BCUT2D eigenvalue weighted by molar-refractivity contribution is 7.89. The number of benzene rings is 2. The van der Waals surface area contributed by atoms with Gasteiger partial charge in [0.05, 0.1) is 16.1 Å². The van der Waals surface area contributed by atoms with Crippen molar-refractivity contribution in [2.75, 3.05) is 25.1 Å². The number of hydrogen-bond donors (Lipinski definition) is 2. The number of ether oxygens (including phenoxy) is 1. The summed E-state index contributed by atoms with van der Waals surface area (Å²) in [4.78, 5) is 11.8. The molecule has 0 aliphatic heterocycles. The van der Waals surface area contributed by atoms with Gasteiger partial charge in [0, 0.05) is 19.8 Å². The highest BCUT2D eigenvalue weighted by Crippen LogP contribution is 2.20. The molecule has 2 aromatic carbocycles. The molecule has 27 heavy (non-hydrogen) atoms. The van der Waals surface area contributed by atoms with Crippen LogP contribution in [0.25, 0.3) is 0 Å². The Labute approximate surface area is 156 Å². The first-order valence-corrected chi connectivity index (χ1v) is 9.76. The average molecular weight is 398 g/mol. The van der Waals surface area contributed by atoms with E-state index in [4.69, 9.17) is 4.74 Å². The molecule has 6 nitrogen and oxygen atoms in total. The van der Waals surface area contributed by atoms with Gasteiger partial charge in [0.25, 0.3) is 5.91 Å². The van der Waals surface area contributed by atoms with Crippen LogP contribution >= 0.6 is 0 Å². The van der Waals surface area contributed by atoms with Crippen molar-refractivity contribution in [1.82, 2.24) is 4.72 Å². The summed E-state index contributed by atoms with van der Waals surface area (Å²) in [5.74, 6) is -2.53. The number of sulfonamides is 1. The van der Waals surface area contributed by atoms with Crippen molar-refractivity contribution in [3.05, 3.63) is 59.7 Å². The monoisotopic (exact) mass is 398 g/mol. The smallest absolute Gasteiger partial charge is 0.258 e. The Bertz CT molecular complexity index is 904. The van der Waals surface area contributed by atoms with Crippen molar-refractivity contribution in [2.45, 2.75) is 18.2 Å². The van der Waals surface area contributed by atoms with E-state index in [1.807, 2.05) is 6.92 Å². The molecule has 0 atom stereocenters. The van der Waals surface area contributed by atoms with E-state index in [9.17, 15) is 22.0 Å². The third-order valence-electron chi connectivity index (χ3n) is 3.58. The summed E-state index contributed by atoms with van der Waals surface area (Å²) in [7, 11) is -3.89. The lowest BCUT2D eigenvalue weighted by molar-refractivity contribution is 0.102. The van der Waals surface area contributed by atoms with Gasteiger partial charge in [-0.3, -0.25) is 4.79 Å². The number of nitrogens with one attached hydrogen (secondary N) is 2.